The van der Waals surface area contributed by atoms with Gasteiger partial charge in [-0.3, -0.25) is 4.79 Å². The number of aryl methyl sites for hydroxylation is 1. The molecule has 3 rings (SSSR count). The number of likely N-dealkylation sites (N-methyl/N-ethyl adjacent to an activating group) is 1. The van der Waals surface area contributed by atoms with E-state index in [2.05, 4.69) is 0 Å². The molecule has 142 valence electrons. The summed E-state index contributed by atoms with van der Waals surface area (Å²) in [5, 5.41) is 0.772. The van der Waals surface area contributed by atoms with Gasteiger partial charge in [-0.1, -0.05) is 0 Å². The van der Waals surface area contributed by atoms with Crippen LogP contribution >= 0.6 is 0 Å². The minimum Gasteiger partial charge on any atom is -0.494 e. The van der Waals surface area contributed by atoms with Crippen LogP contribution in [0.4, 0.5) is 0 Å². The van der Waals surface area contributed by atoms with E-state index in [0.717, 1.165) is 5.39 Å². The van der Waals surface area contributed by atoms with E-state index in [1.54, 1.807) is 38.2 Å². The van der Waals surface area contributed by atoms with Crippen LogP contribution in [0.25, 0.3) is 11.0 Å². The first-order valence-corrected chi connectivity index (χ1v) is 8.59. The van der Waals surface area contributed by atoms with Crippen LogP contribution in [0.15, 0.2) is 45.4 Å². The molecular weight excluding hydrogens is 350 g/mol. The van der Waals surface area contributed by atoms with Crippen molar-refractivity contribution in [3.8, 4) is 5.75 Å². The van der Waals surface area contributed by atoms with Gasteiger partial charge in [-0.05, 0) is 44.2 Å². The minimum absolute atomic E-state index is 0.0835. The number of benzene rings is 1. The smallest absolute Gasteiger partial charge is 0.375 e. The summed E-state index contributed by atoms with van der Waals surface area (Å²) in [6.45, 7) is 4.13. The molecule has 0 aliphatic rings. The molecule has 2 heterocycles. The number of hydrogen-bond donors (Lipinski definition) is 0. The summed E-state index contributed by atoms with van der Waals surface area (Å²) in [4.78, 5) is 25.9. The molecule has 0 atom stereocenters. The summed E-state index contributed by atoms with van der Waals surface area (Å²) in [6, 6.07) is 8.85. The van der Waals surface area contributed by atoms with E-state index in [9.17, 15) is 9.59 Å². The topological polar surface area (TPSA) is 82.1 Å². The van der Waals surface area contributed by atoms with Crippen molar-refractivity contribution in [2.24, 2.45) is 0 Å². The highest BCUT2D eigenvalue weighted by Crippen LogP contribution is 2.29. The van der Waals surface area contributed by atoms with Crippen molar-refractivity contribution in [1.29, 1.82) is 0 Å². The van der Waals surface area contributed by atoms with Crippen LogP contribution in [0.3, 0.4) is 0 Å². The van der Waals surface area contributed by atoms with Crippen molar-refractivity contribution in [3.63, 3.8) is 0 Å². The molecule has 0 bridgehead atoms. The zero-order chi connectivity index (χ0) is 19.4. The maximum atomic E-state index is 12.4. The van der Waals surface area contributed by atoms with Gasteiger partial charge in [0.05, 0.1) is 19.4 Å². The lowest BCUT2D eigenvalue weighted by Crippen LogP contribution is -2.30. The van der Waals surface area contributed by atoms with E-state index >= 15 is 0 Å². The minimum atomic E-state index is -0.679. The first kappa shape index (κ1) is 18.6. The highest BCUT2D eigenvalue weighted by atomic mass is 16.5. The molecule has 2 aromatic heterocycles. The average Bonchev–Trinajstić information content (AvgIpc) is 3.28. The molecule has 0 radical (unpaired) electrons. The number of furan rings is 2. The molecule has 1 aromatic carbocycles. The Morgan fingerprint density at radius 2 is 2.04 bits per heavy atom. The molecule has 0 N–H and O–H groups in total. The zero-order valence-corrected chi connectivity index (χ0v) is 15.5. The quantitative estimate of drug-likeness (QED) is 0.591. The van der Waals surface area contributed by atoms with Gasteiger partial charge < -0.3 is 23.2 Å². The van der Waals surface area contributed by atoms with Gasteiger partial charge in [-0.25, -0.2) is 4.79 Å². The Bertz CT molecular complexity index is 941. The molecule has 1 amide bonds. The van der Waals surface area contributed by atoms with Crippen LogP contribution in [-0.4, -0.2) is 37.0 Å². The molecule has 7 heteroatoms. The van der Waals surface area contributed by atoms with Crippen LogP contribution in [0.5, 0.6) is 5.75 Å². The Hall–Kier alpha value is -3.22. The van der Waals surface area contributed by atoms with E-state index in [-0.39, 0.29) is 18.3 Å². The molecule has 0 spiro atoms. The third-order valence-corrected chi connectivity index (χ3v) is 4.13. The second-order valence-corrected chi connectivity index (χ2v) is 6.05. The fourth-order valence-corrected chi connectivity index (χ4v) is 2.68. The number of rotatable bonds is 7. The normalized spacial score (nSPS) is 10.8. The van der Waals surface area contributed by atoms with Crippen molar-refractivity contribution in [3.05, 3.63) is 53.7 Å². The molecule has 0 aliphatic carbocycles. The maximum Gasteiger partial charge on any atom is 0.375 e. The molecule has 0 saturated heterocycles. The van der Waals surface area contributed by atoms with Crippen LogP contribution in [0, 0.1) is 6.92 Å². The lowest BCUT2D eigenvalue weighted by Gasteiger charge is -2.15. The van der Waals surface area contributed by atoms with Crippen LogP contribution < -0.4 is 4.74 Å². The van der Waals surface area contributed by atoms with Crippen LogP contribution in [0.2, 0.25) is 0 Å². The third kappa shape index (κ3) is 4.13. The second kappa shape index (κ2) is 7.99. The number of amides is 1. The van der Waals surface area contributed by atoms with Gasteiger partial charge >= 0.3 is 5.97 Å². The van der Waals surface area contributed by atoms with Gasteiger partial charge in [-0.15, -0.1) is 0 Å². The van der Waals surface area contributed by atoms with Crippen molar-refractivity contribution in [2.45, 2.75) is 20.4 Å². The fourth-order valence-electron chi connectivity index (χ4n) is 2.68. The van der Waals surface area contributed by atoms with Crippen molar-refractivity contribution >= 4 is 22.8 Å². The van der Waals surface area contributed by atoms with Gasteiger partial charge in [0.15, 0.2) is 6.61 Å². The van der Waals surface area contributed by atoms with Crippen molar-refractivity contribution in [1.82, 2.24) is 4.90 Å². The molecule has 7 nitrogen and oxygen atoms in total. The van der Waals surface area contributed by atoms with Gasteiger partial charge in [0, 0.05) is 18.0 Å². The Labute approximate surface area is 156 Å². The highest BCUT2D eigenvalue weighted by molar-refractivity contribution is 5.97. The standard InChI is InChI=1S/C20H21NO6/c1-4-24-14-7-8-17-16(10-14)13(2)19(27-17)20(23)26-12-18(22)21(3)11-15-6-5-9-25-15/h5-10H,4,11-12H2,1-3H3. The van der Waals surface area contributed by atoms with Gasteiger partial charge in [-0.2, -0.15) is 0 Å². The van der Waals surface area contributed by atoms with E-state index in [1.807, 2.05) is 13.0 Å². The summed E-state index contributed by atoms with van der Waals surface area (Å²) in [6.07, 6.45) is 1.54. The Morgan fingerprint density at radius 3 is 2.74 bits per heavy atom. The fraction of sp³-hybridized carbons (Fsp3) is 0.300. The predicted octanol–water partition coefficient (Wildman–Crippen LogP) is 3.55. The van der Waals surface area contributed by atoms with E-state index in [0.29, 0.717) is 35.8 Å². The number of ether oxygens (including phenoxy) is 2. The molecular formula is C20H21NO6. The Kier molecular flexibility index (Phi) is 5.49. The molecule has 0 saturated carbocycles. The molecule has 3 aromatic rings. The van der Waals surface area contributed by atoms with Gasteiger partial charge in [0.1, 0.15) is 17.1 Å². The molecule has 0 aliphatic heterocycles. The first-order chi connectivity index (χ1) is 13.0. The Balaban J connectivity index is 1.65. The van der Waals surface area contributed by atoms with Crippen LogP contribution in [0.1, 0.15) is 28.8 Å². The summed E-state index contributed by atoms with van der Waals surface area (Å²) < 4.78 is 21.4. The van der Waals surface area contributed by atoms with Gasteiger partial charge in [0.25, 0.3) is 5.91 Å². The van der Waals surface area contributed by atoms with Crippen molar-refractivity contribution in [2.75, 3.05) is 20.3 Å². The monoisotopic (exact) mass is 371 g/mol. The highest BCUT2D eigenvalue weighted by Gasteiger charge is 2.21. The number of carbonyl (C=O) groups excluding carboxylic acids is 2. The van der Waals surface area contributed by atoms with Crippen molar-refractivity contribution < 1.29 is 27.9 Å². The first-order valence-electron chi connectivity index (χ1n) is 8.59. The Morgan fingerprint density at radius 1 is 1.22 bits per heavy atom. The SMILES string of the molecule is CCOc1ccc2oc(C(=O)OCC(=O)N(C)Cc3ccco3)c(C)c2c1. The summed E-state index contributed by atoms with van der Waals surface area (Å²) in [7, 11) is 1.61. The largest absolute Gasteiger partial charge is 0.494 e. The zero-order valence-electron chi connectivity index (χ0n) is 15.5. The summed E-state index contributed by atoms with van der Waals surface area (Å²) in [5.74, 6) is 0.410. The van der Waals surface area contributed by atoms with E-state index in [1.165, 1.54) is 11.2 Å². The third-order valence-electron chi connectivity index (χ3n) is 4.13. The second-order valence-electron chi connectivity index (χ2n) is 6.05. The molecule has 27 heavy (non-hydrogen) atoms. The lowest BCUT2D eigenvalue weighted by atomic mass is 10.1. The summed E-state index contributed by atoms with van der Waals surface area (Å²) >= 11 is 0. The predicted molar refractivity (Wildman–Crippen MR) is 97.6 cm³/mol. The van der Waals surface area contributed by atoms with E-state index in [4.69, 9.17) is 18.3 Å². The molecule has 0 fully saturated rings. The summed E-state index contributed by atoms with van der Waals surface area (Å²) in [5.41, 5.74) is 1.21. The average molecular weight is 371 g/mol. The van der Waals surface area contributed by atoms with Gasteiger partial charge in [0.2, 0.25) is 5.76 Å². The molecule has 0 unspecified atom stereocenters. The van der Waals surface area contributed by atoms with Crippen LogP contribution in [-0.2, 0) is 16.1 Å². The number of carbonyl (C=O) groups is 2. The number of hydrogen-bond acceptors (Lipinski definition) is 6. The maximum absolute atomic E-state index is 12.4. The lowest BCUT2D eigenvalue weighted by molar-refractivity contribution is -0.134. The number of fused-ring (bicyclic) bond motifs is 1. The van der Waals surface area contributed by atoms with E-state index < -0.39 is 5.97 Å². The number of esters is 1. The number of nitrogens with zero attached hydrogens (tertiary/aromatic N) is 1.